The van der Waals surface area contributed by atoms with Gasteiger partial charge in [-0.1, -0.05) is 307 Å². The standard InChI is InChI=1S/C64H125N2O6P/c1-6-8-10-12-14-16-18-19-20-21-22-23-24-25-26-27-28-29-30-31-32-33-34-35-36-37-38-39-40-41-42-43-44-45-46-47-48-50-52-54-56-58-64(68)65-62(61-72-73(69,70)71-60-59-66(3,4)5)63(67)57-55-53-51-49-17-15-13-11-9-7-2/h9,11,17,49,55,57,62-63,67H,6-8,10,12-16,18-48,50-54,56,58-61H2,1-5H3,(H-,65,68,69,70)/b11-9+,49-17+,57-55+. The van der Waals surface area contributed by atoms with Gasteiger partial charge < -0.3 is 28.8 Å². The van der Waals surface area contributed by atoms with E-state index in [0.29, 0.717) is 17.4 Å². The highest BCUT2D eigenvalue weighted by molar-refractivity contribution is 7.45. The number of aliphatic hydroxyl groups excluding tert-OH is 1. The van der Waals surface area contributed by atoms with Gasteiger partial charge in [-0.2, -0.15) is 0 Å². The summed E-state index contributed by atoms with van der Waals surface area (Å²) in [6.45, 7) is 4.52. The number of amides is 1. The molecule has 0 heterocycles. The number of rotatable bonds is 59. The van der Waals surface area contributed by atoms with Gasteiger partial charge in [-0.05, 0) is 38.5 Å². The Hall–Kier alpha value is -1.28. The summed E-state index contributed by atoms with van der Waals surface area (Å²) in [5, 5.41) is 13.8. The summed E-state index contributed by atoms with van der Waals surface area (Å²) in [5.41, 5.74) is 0. The van der Waals surface area contributed by atoms with E-state index < -0.39 is 26.6 Å². The fourth-order valence-corrected chi connectivity index (χ4v) is 10.4. The maximum absolute atomic E-state index is 12.9. The molecule has 2 N–H and O–H groups in total. The molecule has 432 valence electrons. The average molecular weight is 1050 g/mol. The Morgan fingerprint density at radius 2 is 0.781 bits per heavy atom. The van der Waals surface area contributed by atoms with Crippen LogP contribution in [0.2, 0.25) is 0 Å². The molecule has 0 spiro atoms. The summed E-state index contributed by atoms with van der Waals surface area (Å²) in [7, 11) is 1.24. The molecule has 0 aromatic heterocycles. The predicted octanol–water partition coefficient (Wildman–Crippen LogP) is 19.1. The Balaban J connectivity index is 3.75. The molecule has 0 aromatic rings. The molecule has 0 aromatic carbocycles. The minimum absolute atomic E-state index is 0.00796. The predicted molar refractivity (Wildman–Crippen MR) is 316 cm³/mol. The lowest BCUT2D eigenvalue weighted by Crippen LogP contribution is -2.45. The molecule has 0 radical (unpaired) electrons. The third-order valence-corrected chi connectivity index (χ3v) is 15.6. The van der Waals surface area contributed by atoms with Gasteiger partial charge in [0.05, 0.1) is 39.9 Å². The molecule has 8 nitrogen and oxygen atoms in total. The summed E-state index contributed by atoms with van der Waals surface area (Å²) in [6, 6.07) is -0.906. The summed E-state index contributed by atoms with van der Waals surface area (Å²) < 4.78 is 23.2. The first-order chi connectivity index (χ1) is 35.5. The van der Waals surface area contributed by atoms with Gasteiger partial charge in [0.1, 0.15) is 13.2 Å². The zero-order chi connectivity index (χ0) is 53.5. The van der Waals surface area contributed by atoms with Crippen LogP contribution in [0.25, 0.3) is 0 Å². The molecule has 0 fully saturated rings. The number of allylic oxidation sites excluding steroid dienone is 5. The Morgan fingerprint density at radius 1 is 0.479 bits per heavy atom. The number of hydrogen-bond acceptors (Lipinski definition) is 6. The molecule has 1 amide bonds. The molecule has 0 aliphatic carbocycles. The Bertz CT molecular complexity index is 1280. The fourth-order valence-electron chi connectivity index (χ4n) is 9.67. The molecule has 0 rings (SSSR count). The third-order valence-electron chi connectivity index (χ3n) is 14.6. The van der Waals surface area contributed by atoms with Crippen molar-refractivity contribution in [2.24, 2.45) is 0 Å². The van der Waals surface area contributed by atoms with Crippen LogP contribution in [-0.2, 0) is 18.4 Å². The minimum Gasteiger partial charge on any atom is -0.756 e. The second-order valence-electron chi connectivity index (χ2n) is 23.1. The zero-order valence-corrected chi connectivity index (χ0v) is 50.3. The average Bonchev–Trinajstić information content (AvgIpc) is 3.35. The van der Waals surface area contributed by atoms with Gasteiger partial charge in [-0.25, -0.2) is 0 Å². The van der Waals surface area contributed by atoms with E-state index in [-0.39, 0.29) is 12.5 Å². The smallest absolute Gasteiger partial charge is 0.268 e. The lowest BCUT2D eigenvalue weighted by Gasteiger charge is -2.29. The maximum atomic E-state index is 12.9. The Labute approximate surface area is 455 Å². The number of likely N-dealkylation sites (N-methyl/N-ethyl adjacent to an activating group) is 1. The third kappa shape index (κ3) is 58.2. The topological polar surface area (TPSA) is 108 Å². The van der Waals surface area contributed by atoms with E-state index in [4.69, 9.17) is 9.05 Å². The van der Waals surface area contributed by atoms with E-state index in [2.05, 4.69) is 43.5 Å². The monoisotopic (exact) mass is 1050 g/mol. The molecule has 0 aliphatic rings. The second-order valence-corrected chi connectivity index (χ2v) is 24.5. The van der Waals surface area contributed by atoms with Crippen LogP contribution in [0.3, 0.4) is 0 Å². The van der Waals surface area contributed by atoms with Crippen LogP contribution in [0.15, 0.2) is 36.5 Å². The SMILES string of the molecule is CC/C=C/CC/C=C/CC/C=C/C(O)C(COP(=O)([O-])OCC[N+](C)(C)C)NC(=O)CCCCCCCCCCCCCCCCCCCCCCCCCCCCCCCCCCCCCCCCCCC. The summed E-state index contributed by atoms with van der Waals surface area (Å²) in [6.07, 6.45) is 73.1. The van der Waals surface area contributed by atoms with E-state index in [0.717, 1.165) is 51.4 Å². The molecule has 73 heavy (non-hydrogen) atoms. The molecular formula is C64H125N2O6P. The van der Waals surface area contributed by atoms with E-state index in [9.17, 15) is 19.4 Å². The van der Waals surface area contributed by atoms with Gasteiger partial charge in [0.25, 0.3) is 7.82 Å². The molecule has 0 bridgehead atoms. The van der Waals surface area contributed by atoms with Gasteiger partial charge in [-0.15, -0.1) is 0 Å². The van der Waals surface area contributed by atoms with Crippen LogP contribution in [0, 0.1) is 0 Å². The van der Waals surface area contributed by atoms with Crippen molar-refractivity contribution >= 4 is 13.7 Å². The largest absolute Gasteiger partial charge is 0.756 e. The van der Waals surface area contributed by atoms with Crippen molar-refractivity contribution in [1.29, 1.82) is 0 Å². The zero-order valence-electron chi connectivity index (χ0n) is 49.4. The molecule has 9 heteroatoms. The Morgan fingerprint density at radius 3 is 1.10 bits per heavy atom. The van der Waals surface area contributed by atoms with Crippen LogP contribution in [-0.4, -0.2) is 68.5 Å². The first-order valence-electron chi connectivity index (χ1n) is 31.9. The number of aliphatic hydroxyl groups is 1. The number of carbonyl (C=O) groups excluding carboxylic acids is 1. The number of quaternary nitrogens is 1. The van der Waals surface area contributed by atoms with Gasteiger partial charge in [0.2, 0.25) is 5.91 Å². The minimum atomic E-state index is -4.60. The van der Waals surface area contributed by atoms with Gasteiger partial charge in [0, 0.05) is 6.42 Å². The highest BCUT2D eigenvalue weighted by Crippen LogP contribution is 2.38. The van der Waals surface area contributed by atoms with Crippen LogP contribution >= 0.6 is 7.82 Å². The number of nitrogens with one attached hydrogen (secondary N) is 1. The molecule has 3 unspecified atom stereocenters. The van der Waals surface area contributed by atoms with Gasteiger partial charge in [-0.3, -0.25) is 9.36 Å². The van der Waals surface area contributed by atoms with Crippen molar-refractivity contribution in [1.82, 2.24) is 5.32 Å². The normalized spacial score (nSPS) is 14.0. The lowest BCUT2D eigenvalue weighted by atomic mass is 10.0. The van der Waals surface area contributed by atoms with Crippen LogP contribution in [0.4, 0.5) is 0 Å². The molecule has 3 atom stereocenters. The van der Waals surface area contributed by atoms with Crippen LogP contribution in [0.5, 0.6) is 0 Å². The van der Waals surface area contributed by atoms with Crippen molar-refractivity contribution in [3.63, 3.8) is 0 Å². The first kappa shape index (κ1) is 71.7. The van der Waals surface area contributed by atoms with Crippen LogP contribution in [0.1, 0.15) is 316 Å². The number of unbranched alkanes of at least 4 members (excludes halogenated alkanes) is 42. The summed E-state index contributed by atoms with van der Waals surface area (Å²) in [4.78, 5) is 25.4. The highest BCUT2D eigenvalue weighted by Gasteiger charge is 2.23. The first-order valence-corrected chi connectivity index (χ1v) is 33.3. The van der Waals surface area contributed by atoms with Crippen molar-refractivity contribution in [3.8, 4) is 0 Å². The van der Waals surface area contributed by atoms with Crippen molar-refractivity contribution in [2.75, 3.05) is 40.9 Å². The van der Waals surface area contributed by atoms with E-state index in [1.54, 1.807) is 6.08 Å². The quantitative estimate of drug-likeness (QED) is 0.0272. The molecule has 0 aliphatic heterocycles. The maximum Gasteiger partial charge on any atom is 0.268 e. The lowest BCUT2D eigenvalue weighted by molar-refractivity contribution is -0.870. The number of phosphoric acid groups is 1. The van der Waals surface area contributed by atoms with Gasteiger partial charge >= 0.3 is 0 Å². The highest BCUT2D eigenvalue weighted by atomic mass is 31.2. The van der Waals surface area contributed by atoms with Crippen molar-refractivity contribution < 1.29 is 32.9 Å². The number of carbonyl (C=O) groups is 1. The molecule has 0 saturated heterocycles. The summed E-state index contributed by atoms with van der Waals surface area (Å²) in [5.74, 6) is -0.209. The second kappa shape index (κ2) is 55.5. The van der Waals surface area contributed by atoms with Crippen molar-refractivity contribution in [2.45, 2.75) is 328 Å². The van der Waals surface area contributed by atoms with E-state index in [1.807, 2.05) is 27.2 Å². The van der Waals surface area contributed by atoms with Crippen molar-refractivity contribution in [3.05, 3.63) is 36.5 Å². The molecular weight excluding hydrogens is 924 g/mol. The molecule has 0 saturated carbocycles. The number of hydrogen-bond donors (Lipinski definition) is 2. The number of phosphoric ester groups is 1. The Kier molecular flexibility index (Phi) is 54.5. The fraction of sp³-hybridized carbons (Fsp3) is 0.891. The van der Waals surface area contributed by atoms with E-state index in [1.165, 1.54) is 244 Å². The van der Waals surface area contributed by atoms with E-state index >= 15 is 0 Å². The summed E-state index contributed by atoms with van der Waals surface area (Å²) >= 11 is 0. The van der Waals surface area contributed by atoms with Crippen LogP contribution < -0.4 is 10.2 Å². The number of nitrogens with zero attached hydrogens (tertiary/aromatic N) is 1. The van der Waals surface area contributed by atoms with Gasteiger partial charge in [0.15, 0.2) is 0 Å².